The van der Waals surface area contributed by atoms with Crippen LogP contribution in [0, 0.1) is 5.82 Å². The monoisotopic (exact) mass is 278 g/mol. The second-order valence-corrected chi connectivity index (χ2v) is 5.74. The van der Waals surface area contributed by atoms with Gasteiger partial charge in [-0.05, 0) is 37.4 Å². The van der Waals surface area contributed by atoms with E-state index in [1.165, 1.54) is 10.9 Å². The van der Waals surface area contributed by atoms with Gasteiger partial charge in [0.1, 0.15) is 5.82 Å². The zero-order valence-corrected chi connectivity index (χ0v) is 12.2. The molecule has 1 aromatic heterocycles. The van der Waals surface area contributed by atoms with E-state index in [4.69, 9.17) is 5.73 Å². The van der Waals surface area contributed by atoms with E-state index in [-0.39, 0.29) is 17.9 Å². The number of anilines is 1. The topological polar surface area (TPSA) is 29.3 Å². The standard InChI is InChI=1S/C15H19FN2S/c1-10(17)15-12(16)6-4-7-13(15)18(3)11(2)14-8-5-9-19-14/h4-11H,17H2,1-3H3/t10-,11?/m1/s1. The molecule has 0 spiro atoms. The first-order valence-electron chi connectivity index (χ1n) is 6.32. The molecule has 19 heavy (non-hydrogen) atoms. The molecule has 0 aliphatic carbocycles. The Bertz CT molecular complexity index is 537. The predicted octanol–water partition coefficient (Wildman–Crippen LogP) is 4.10. The number of halogens is 1. The van der Waals surface area contributed by atoms with Crippen LogP contribution in [0.25, 0.3) is 0 Å². The molecule has 0 aliphatic heterocycles. The smallest absolute Gasteiger partial charge is 0.130 e. The van der Waals surface area contributed by atoms with Gasteiger partial charge < -0.3 is 10.6 Å². The van der Waals surface area contributed by atoms with Crippen molar-refractivity contribution in [2.45, 2.75) is 25.9 Å². The van der Waals surface area contributed by atoms with Crippen molar-refractivity contribution in [2.24, 2.45) is 5.73 Å². The summed E-state index contributed by atoms with van der Waals surface area (Å²) in [5, 5.41) is 2.05. The summed E-state index contributed by atoms with van der Waals surface area (Å²) in [5.74, 6) is -0.238. The Balaban J connectivity index is 2.39. The van der Waals surface area contributed by atoms with E-state index >= 15 is 0 Å². The van der Waals surface area contributed by atoms with Gasteiger partial charge in [-0.15, -0.1) is 11.3 Å². The maximum absolute atomic E-state index is 14.0. The molecule has 0 aliphatic rings. The van der Waals surface area contributed by atoms with Crippen LogP contribution in [0.4, 0.5) is 10.1 Å². The van der Waals surface area contributed by atoms with Crippen molar-refractivity contribution in [3.05, 3.63) is 52.0 Å². The molecule has 0 bridgehead atoms. The fraction of sp³-hybridized carbons (Fsp3) is 0.333. The summed E-state index contributed by atoms with van der Waals surface area (Å²) in [4.78, 5) is 3.33. The van der Waals surface area contributed by atoms with E-state index in [1.54, 1.807) is 17.4 Å². The van der Waals surface area contributed by atoms with Gasteiger partial charge in [-0.2, -0.15) is 0 Å². The van der Waals surface area contributed by atoms with Crippen LogP contribution in [0.15, 0.2) is 35.7 Å². The number of nitrogens with two attached hydrogens (primary N) is 1. The van der Waals surface area contributed by atoms with Crippen LogP contribution in [0.3, 0.4) is 0 Å². The second-order valence-electron chi connectivity index (χ2n) is 4.76. The Morgan fingerprint density at radius 3 is 2.53 bits per heavy atom. The third-order valence-corrected chi connectivity index (χ3v) is 4.44. The van der Waals surface area contributed by atoms with Gasteiger partial charge in [-0.25, -0.2) is 4.39 Å². The van der Waals surface area contributed by atoms with Gasteiger partial charge in [0.15, 0.2) is 0 Å². The number of hydrogen-bond acceptors (Lipinski definition) is 3. The molecule has 0 amide bonds. The Morgan fingerprint density at radius 1 is 1.21 bits per heavy atom. The summed E-state index contributed by atoms with van der Waals surface area (Å²) in [6.45, 7) is 3.92. The van der Waals surface area contributed by atoms with Crippen LogP contribution in [-0.4, -0.2) is 7.05 Å². The molecule has 0 saturated heterocycles. The summed E-state index contributed by atoms with van der Waals surface area (Å²) in [6, 6.07) is 9.11. The van der Waals surface area contributed by atoms with E-state index in [9.17, 15) is 4.39 Å². The Labute approximate surface area is 117 Å². The van der Waals surface area contributed by atoms with E-state index in [2.05, 4.69) is 23.3 Å². The normalized spacial score (nSPS) is 14.2. The molecule has 2 N–H and O–H groups in total. The predicted molar refractivity (Wildman–Crippen MR) is 80.1 cm³/mol. The molecule has 102 valence electrons. The quantitative estimate of drug-likeness (QED) is 0.912. The third kappa shape index (κ3) is 2.80. The Morgan fingerprint density at radius 2 is 1.95 bits per heavy atom. The highest BCUT2D eigenvalue weighted by Gasteiger charge is 2.20. The largest absolute Gasteiger partial charge is 0.367 e. The molecule has 1 heterocycles. The molecule has 1 aromatic carbocycles. The molecule has 4 heteroatoms. The van der Waals surface area contributed by atoms with Crippen LogP contribution in [0.1, 0.15) is 36.4 Å². The summed E-state index contributed by atoms with van der Waals surface area (Å²) in [6.07, 6.45) is 0. The molecular formula is C15H19FN2S. The molecule has 2 rings (SSSR count). The maximum Gasteiger partial charge on any atom is 0.130 e. The van der Waals surface area contributed by atoms with Gasteiger partial charge in [-0.1, -0.05) is 12.1 Å². The minimum Gasteiger partial charge on any atom is -0.367 e. The van der Waals surface area contributed by atoms with E-state index in [1.807, 2.05) is 26.1 Å². The van der Waals surface area contributed by atoms with Crippen molar-refractivity contribution < 1.29 is 4.39 Å². The summed E-state index contributed by atoms with van der Waals surface area (Å²) < 4.78 is 14.0. The van der Waals surface area contributed by atoms with Gasteiger partial charge in [0, 0.05) is 29.2 Å². The highest BCUT2D eigenvalue weighted by atomic mass is 32.1. The van der Waals surface area contributed by atoms with E-state index < -0.39 is 0 Å². The summed E-state index contributed by atoms with van der Waals surface area (Å²) in [5.41, 5.74) is 7.34. The molecule has 2 nitrogen and oxygen atoms in total. The maximum atomic E-state index is 14.0. The van der Waals surface area contributed by atoms with Gasteiger partial charge in [0.05, 0.1) is 6.04 Å². The van der Waals surface area contributed by atoms with Crippen LogP contribution in [0.5, 0.6) is 0 Å². The fourth-order valence-corrected chi connectivity index (χ4v) is 3.04. The van der Waals surface area contributed by atoms with Crippen molar-refractivity contribution >= 4 is 17.0 Å². The van der Waals surface area contributed by atoms with Crippen LogP contribution >= 0.6 is 11.3 Å². The van der Waals surface area contributed by atoms with Gasteiger partial charge >= 0.3 is 0 Å². The first-order valence-corrected chi connectivity index (χ1v) is 7.20. The Hall–Kier alpha value is -1.39. The van der Waals surface area contributed by atoms with Crippen molar-refractivity contribution in [3.8, 4) is 0 Å². The lowest BCUT2D eigenvalue weighted by atomic mass is 10.0. The minimum absolute atomic E-state index is 0.194. The zero-order valence-electron chi connectivity index (χ0n) is 11.4. The highest BCUT2D eigenvalue weighted by molar-refractivity contribution is 7.10. The highest BCUT2D eigenvalue weighted by Crippen LogP contribution is 2.33. The summed E-state index contributed by atoms with van der Waals surface area (Å²) in [7, 11) is 1.98. The number of nitrogens with zero attached hydrogens (tertiary/aromatic N) is 1. The zero-order chi connectivity index (χ0) is 14.0. The molecular weight excluding hydrogens is 259 g/mol. The van der Waals surface area contributed by atoms with Gasteiger partial charge in [-0.3, -0.25) is 0 Å². The van der Waals surface area contributed by atoms with Gasteiger partial charge in [0.25, 0.3) is 0 Å². The molecule has 1 unspecified atom stereocenters. The van der Waals surface area contributed by atoms with Gasteiger partial charge in [0.2, 0.25) is 0 Å². The first-order chi connectivity index (χ1) is 9.02. The summed E-state index contributed by atoms with van der Waals surface area (Å²) >= 11 is 1.71. The van der Waals surface area contributed by atoms with Crippen molar-refractivity contribution in [1.29, 1.82) is 0 Å². The number of hydrogen-bond donors (Lipinski definition) is 1. The molecule has 2 aromatic rings. The fourth-order valence-electron chi connectivity index (χ4n) is 2.21. The average Bonchev–Trinajstić information content (AvgIpc) is 2.90. The Kier molecular flexibility index (Phi) is 4.22. The lowest BCUT2D eigenvalue weighted by molar-refractivity contribution is 0.590. The lowest BCUT2D eigenvalue weighted by Crippen LogP contribution is -2.24. The van der Waals surface area contributed by atoms with E-state index in [0.29, 0.717) is 5.56 Å². The SMILES string of the molecule is CC(c1cccs1)N(C)c1cccc(F)c1[C@@H](C)N. The third-order valence-electron chi connectivity index (χ3n) is 3.40. The number of benzene rings is 1. The van der Waals surface area contributed by atoms with Crippen LogP contribution < -0.4 is 10.6 Å². The van der Waals surface area contributed by atoms with Crippen LogP contribution in [-0.2, 0) is 0 Å². The molecule has 0 saturated carbocycles. The van der Waals surface area contributed by atoms with E-state index in [0.717, 1.165) is 5.69 Å². The number of rotatable bonds is 4. The second kappa shape index (κ2) is 5.72. The minimum atomic E-state index is -0.325. The van der Waals surface area contributed by atoms with Crippen molar-refractivity contribution in [2.75, 3.05) is 11.9 Å². The number of thiophene rings is 1. The van der Waals surface area contributed by atoms with Crippen LogP contribution in [0.2, 0.25) is 0 Å². The average molecular weight is 278 g/mol. The molecule has 0 radical (unpaired) electrons. The van der Waals surface area contributed by atoms with Crippen molar-refractivity contribution in [1.82, 2.24) is 0 Å². The molecule has 0 fully saturated rings. The van der Waals surface area contributed by atoms with Crippen molar-refractivity contribution in [3.63, 3.8) is 0 Å². The first kappa shape index (κ1) is 14.0. The lowest BCUT2D eigenvalue weighted by Gasteiger charge is -2.29. The molecule has 2 atom stereocenters.